The van der Waals surface area contributed by atoms with Crippen LogP contribution >= 0.6 is 0 Å². The van der Waals surface area contributed by atoms with Crippen LogP contribution in [0.5, 0.6) is 0 Å². The van der Waals surface area contributed by atoms with Gasteiger partial charge in [-0.25, -0.2) is 0 Å². The highest BCUT2D eigenvalue weighted by molar-refractivity contribution is 5.89. The zero-order chi connectivity index (χ0) is 50.4. The quantitative estimate of drug-likeness (QED) is 0.0379. The second-order valence-electron chi connectivity index (χ2n) is 14.1. The molecule has 0 heterocycles. The van der Waals surface area contributed by atoms with Crippen molar-refractivity contribution < 1.29 is 72.1 Å². The molecule has 0 radical (unpaired) electrons. The van der Waals surface area contributed by atoms with Crippen LogP contribution < -0.4 is 21.3 Å². The molecule has 19 heteroatoms. The van der Waals surface area contributed by atoms with Crippen molar-refractivity contribution in [1.82, 2.24) is 21.3 Å². The summed E-state index contributed by atoms with van der Waals surface area (Å²) in [4.78, 5) is 65.3. The first-order chi connectivity index (χ1) is 32.4. The van der Waals surface area contributed by atoms with Crippen LogP contribution in [-0.4, -0.2) is 176 Å². The predicted molar refractivity (Wildman–Crippen MR) is 257 cm³/mol. The van der Waals surface area contributed by atoms with E-state index in [0.717, 1.165) is 51.0 Å². The third-order valence-corrected chi connectivity index (χ3v) is 8.25. The Morgan fingerprint density at radius 3 is 1.07 bits per heavy atom. The predicted octanol–water partition coefficient (Wildman–Crippen LogP) is 2.42. The molecule has 0 spiro atoms. The first-order valence-electron chi connectivity index (χ1n) is 22.7. The summed E-state index contributed by atoms with van der Waals surface area (Å²) >= 11 is 0. The summed E-state index contributed by atoms with van der Waals surface area (Å²) in [5, 5.41) is 29.6. The van der Waals surface area contributed by atoms with E-state index < -0.39 is 12.2 Å². The van der Waals surface area contributed by atoms with Gasteiger partial charge in [-0.1, -0.05) is 39.5 Å². The summed E-state index contributed by atoms with van der Waals surface area (Å²) in [6.07, 6.45) is 12.8. The summed E-state index contributed by atoms with van der Waals surface area (Å²) in [5.74, 6) is -0.840. The maximum absolute atomic E-state index is 11.0. The molecule has 0 saturated carbocycles. The zero-order valence-electron chi connectivity index (χ0n) is 39.9. The highest BCUT2D eigenvalue weighted by atomic mass is 16.5. The van der Waals surface area contributed by atoms with Crippen molar-refractivity contribution in [2.75, 3.05) is 119 Å². The van der Waals surface area contributed by atoms with Gasteiger partial charge in [0.05, 0.1) is 65.1 Å². The normalized spacial score (nSPS) is 11.1. The topological polar surface area (TPSA) is 256 Å². The van der Waals surface area contributed by atoms with Gasteiger partial charge in [0.15, 0.2) is 11.6 Å². The summed E-state index contributed by atoms with van der Waals surface area (Å²) in [5.41, 5.74) is 0. The van der Waals surface area contributed by atoms with E-state index in [4.69, 9.17) is 33.2 Å². The van der Waals surface area contributed by atoms with Gasteiger partial charge in [0, 0.05) is 78.7 Å². The van der Waals surface area contributed by atoms with Crippen molar-refractivity contribution in [2.45, 2.75) is 76.4 Å². The second-order valence-corrected chi connectivity index (χ2v) is 14.1. The molecule has 0 aromatic rings. The van der Waals surface area contributed by atoms with Gasteiger partial charge < -0.3 is 64.6 Å². The molecule has 19 nitrogen and oxygen atoms in total. The van der Waals surface area contributed by atoms with Crippen LogP contribution in [0.2, 0.25) is 0 Å². The lowest BCUT2D eigenvalue weighted by Gasteiger charge is -2.12. The first-order valence-corrected chi connectivity index (χ1v) is 22.7. The van der Waals surface area contributed by atoms with Gasteiger partial charge in [-0.15, -0.1) is 0 Å². The van der Waals surface area contributed by atoms with Crippen LogP contribution in [0.3, 0.4) is 0 Å². The van der Waals surface area contributed by atoms with E-state index in [1.807, 2.05) is 0 Å². The molecule has 0 aliphatic heterocycles. The van der Waals surface area contributed by atoms with E-state index in [1.165, 1.54) is 30.4 Å². The molecular weight excluding hydrogens is 873 g/mol. The van der Waals surface area contributed by atoms with E-state index in [-0.39, 0.29) is 61.4 Å². The number of hydrogen-bond donors (Lipinski definition) is 6. The zero-order valence-corrected chi connectivity index (χ0v) is 39.9. The third-order valence-electron chi connectivity index (χ3n) is 8.25. The number of aliphatic hydroxyl groups excluding tert-OH is 2. The van der Waals surface area contributed by atoms with Crippen molar-refractivity contribution in [3.8, 4) is 0 Å². The SMILES string of the molecule is C=CC(=O)CCC(O)COCCCCOCC(O)CNC(=O)C=C.C=CC(=O)CCCCOCCOCCCNC(=O)C=C.C=CC(=O)NCCCOCCOCCOCCCNC(=O)C=C. The Labute approximate surface area is 398 Å². The number of ketones is 2. The van der Waals surface area contributed by atoms with Crippen LogP contribution in [0, 0.1) is 0 Å². The van der Waals surface area contributed by atoms with E-state index in [2.05, 4.69) is 60.7 Å². The van der Waals surface area contributed by atoms with Gasteiger partial charge >= 0.3 is 0 Å². The first kappa shape index (κ1) is 66.6. The van der Waals surface area contributed by atoms with Crippen molar-refractivity contribution in [1.29, 1.82) is 0 Å². The second kappa shape index (κ2) is 53.9. The molecule has 0 bridgehead atoms. The Balaban J connectivity index is -0.000000921. The summed E-state index contributed by atoms with van der Waals surface area (Å²) < 4.78 is 37.4. The lowest BCUT2D eigenvalue weighted by molar-refractivity contribution is -0.117. The van der Waals surface area contributed by atoms with E-state index in [1.54, 1.807) is 0 Å². The van der Waals surface area contributed by atoms with Crippen molar-refractivity contribution in [2.24, 2.45) is 0 Å². The Kier molecular flexibility index (Phi) is 53.6. The third kappa shape index (κ3) is 57.4. The lowest BCUT2D eigenvalue weighted by Crippen LogP contribution is -2.33. The smallest absolute Gasteiger partial charge is 0.243 e. The van der Waals surface area contributed by atoms with Crippen molar-refractivity contribution >= 4 is 35.2 Å². The highest BCUT2D eigenvalue weighted by Gasteiger charge is 2.08. The summed E-state index contributed by atoms with van der Waals surface area (Å²) in [6, 6.07) is 0. The molecule has 2 atom stereocenters. The standard InChI is InChI=1S/C17H29NO6.C16H28N2O5.C15H25NO4/c1-3-14(19)7-8-15(20)12-23-9-5-6-10-24-13-16(21)11-18-17(22)4-2;1-3-15(19)17-7-5-9-21-11-13-23-14-12-22-10-6-8-18-16(20)4-2;1-3-14(17)8-5-6-10-19-12-13-20-11-7-9-16-15(18)4-2/h3-4,15-16,20-21H,1-2,5-13H2,(H,18,22);3-4H,1-2,5-14H2,(H,17,19)(H,18,20);3-4H,1-2,5-13H2,(H,16,18). The maximum Gasteiger partial charge on any atom is 0.243 e. The minimum atomic E-state index is -0.751. The molecule has 6 N–H and O–H groups in total. The Bertz CT molecular complexity index is 1250. The Morgan fingerprint density at radius 1 is 0.373 bits per heavy atom. The van der Waals surface area contributed by atoms with Crippen LogP contribution in [0.4, 0.5) is 0 Å². The molecule has 0 saturated heterocycles. The van der Waals surface area contributed by atoms with E-state index in [9.17, 15) is 39.0 Å². The summed E-state index contributed by atoms with van der Waals surface area (Å²) in [7, 11) is 0. The minimum Gasteiger partial charge on any atom is -0.391 e. The number of unbranched alkanes of at least 4 members (excludes halogenated alkanes) is 2. The molecule has 0 rings (SSSR count). The van der Waals surface area contributed by atoms with Crippen molar-refractivity contribution in [3.63, 3.8) is 0 Å². The van der Waals surface area contributed by atoms with Gasteiger partial charge in [0.1, 0.15) is 0 Å². The number of nitrogens with one attached hydrogen (secondary N) is 4. The number of amides is 4. The fourth-order valence-corrected chi connectivity index (χ4v) is 4.53. The summed E-state index contributed by atoms with van der Waals surface area (Å²) in [6.45, 7) is 28.9. The Hall–Kier alpha value is -4.70. The molecule has 0 fully saturated rings. The van der Waals surface area contributed by atoms with Gasteiger partial charge in [-0.05, 0) is 87.8 Å². The molecule has 0 aliphatic rings. The fraction of sp³-hybridized carbons (Fsp3) is 0.625. The van der Waals surface area contributed by atoms with E-state index >= 15 is 0 Å². The average Bonchev–Trinajstić information content (AvgIpc) is 3.34. The lowest BCUT2D eigenvalue weighted by atomic mass is 10.1. The molecule has 384 valence electrons. The fourth-order valence-electron chi connectivity index (χ4n) is 4.53. The number of ether oxygens (including phenoxy) is 7. The maximum atomic E-state index is 11.0. The van der Waals surface area contributed by atoms with Crippen LogP contribution in [0.15, 0.2) is 75.9 Å². The number of carbonyl (C=O) groups excluding carboxylic acids is 6. The monoisotopic (exact) mass is 955 g/mol. The van der Waals surface area contributed by atoms with Crippen LogP contribution in [0.1, 0.15) is 64.2 Å². The molecular formula is C48H82N4O15. The molecule has 0 aliphatic carbocycles. The molecule has 0 aromatic carbocycles. The average molecular weight is 955 g/mol. The van der Waals surface area contributed by atoms with Gasteiger partial charge in [0.25, 0.3) is 0 Å². The molecule has 67 heavy (non-hydrogen) atoms. The molecule has 4 amide bonds. The minimum absolute atomic E-state index is 0.0804. The number of aliphatic hydroxyl groups is 2. The number of carbonyl (C=O) groups is 6. The number of hydrogen-bond acceptors (Lipinski definition) is 15. The molecule has 0 aromatic heterocycles. The van der Waals surface area contributed by atoms with E-state index in [0.29, 0.717) is 112 Å². The van der Waals surface area contributed by atoms with Crippen LogP contribution in [-0.2, 0) is 61.9 Å². The van der Waals surface area contributed by atoms with Gasteiger partial charge in [0.2, 0.25) is 23.6 Å². The highest BCUT2D eigenvalue weighted by Crippen LogP contribution is 2.01. The van der Waals surface area contributed by atoms with Gasteiger partial charge in [-0.2, -0.15) is 0 Å². The number of allylic oxidation sites excluding steroid dienone is 2. The number of rotatable bonds is 46. The largest absolute Gasteiger partial charge is 0.391 e. The molecule has 2 unspecified atom stereocenters. The Morgan fingerprint density at radius 2 is 0.687 bits per heavy atom. The van der Waals surface area contributed by atoms with Gasteiger partial charge in [-0.3, -0.25) is 28.8 Å². The van der Waals surface area contributed by atoms with Crippen LogP contribution in [0.25, 0.3) is 0 Å². The van der Waals surface area contributed by atoms with Crippen molar-refractivity contribution in [3.05, 3.63) is 75.9 Å².